The lowest BCUT2D eigenvalue weighted by molar-refractivity contribution is -0.151. The van der Waals surface area contributed by atoms with Crippen molar-refractivity contribution in [3.8, 4) is 11.8 Å². The van der Waals surface area contributed by atoms with Crippen molar-refractivity contribution in [1.82, 2.24) is 4.57 Å². The number of nitrogens with zero attached hydrogens (tertiary/aromatic N) is 2. The van der Waals surface area contributed by atoms with E-state index in [0.29, 0.717) is 40.6 Å². The molecule has 1 aliphatic rings. The number of ether oxygens (including phenoxy) is 2. The lowest BCUT2D eigenvalue weighted by atomic mass is 9.82. The third-order valence-corrected chi connectivity index (χ3v) is 6.80. The van der Waals surface area contributed by atoms with Gasteiger partial charge in [0.1, 0.15) is 11.9 Å². The molecular weight excluding hydrogens is 435 g/mol. The van der Waals surface area contributed by atoms with E-state index in [9.17, 15) is 10.1 Å². The van der Waals surface area contributed by atoms with Gasteiger partial charge in [-0.1, -0.05) is 23.2 Å². The summed E-state index contributed by atoms with van der Waals surface area (Å²) < 4.78 is 12.9. The Morgan fingerprint density at radius 2 is 2.00 bits per heavy atom. The van der Waals surface area contributed by atoms with Crippen molar-refractivity contribution in [3.05, 3.63) is 62.8 Å². The van der Waals surface area contributed by atoms with Crippen LogP contribution >= 0.6 is 23.2 Å². The van der Waals surface area contributed by atoms with Gasteiger partial charge in [-0.15, -0.1) is 0 Å². The van der Waals surface area contributed by atoms with Crippen LogP contribution in [-0.4, -0.2) is 23.8 Å². The highest BCUT2D eigenvalue weighted by atomic mass is 35.5. The summed E-state index contributed by atoms with van der Waals surface area (Å²) in [6.07, 6.45) is 1.69. The first kappa shape index (κ1) is 21.5. The maximum atomic E-state index is 11.6. The number of methoxy groups -OCH3 is 1. The van der Waals surface area contributed by atoms with Gasteiger partial charge in [-0.05, 0) is 61.2 Å². The number of halogens is 2. The van der Waals surface area contributed by atoms with Crippen molar-refractivity contribution in [2.75, 3.05) is 7.11 Å². The predicted molar refractivity (Wildman–Crippen MR) is 121 cm³/mol. The van der Waals surface area contributed by atoms with E-state index in [4.69, 9.17) is 32.7 Å². The molecule has 0 spiro atoms. The van der Waals surface area contributed by atoms with E-state index in [1.54, 1.807) is 12.1 Å². The average Bonchev–Trinajstić information content (AvgIpc) is 3.04. The van der Waals surface area contributed by atoms with Crippen molar-refractivity contribution in [2.45, 2.75) is 32.3 Å². The molecule has 2 aromatic carbocycles. The third kappa shape index (κ3) is 3.98. The largest absolute Gasteiger partial charge is 0.489 e. The van der Waals surface area contributed by atoms with Gasteiger partial charge in [0, 0.05) is 35.1 Å². The van der Waals surface area contributed by atoms with Crippen LogP contribution in [0.4, 0.5) is 0 Å². The minimum atomic E-state index is -0.201. The van der Waals surface area contributed by atoms with Crippen molar-refractivity contribution in [2.24, 2.45) is 13.0 Å². The molecule has 1 saturated carbocycles. The summed E-state index contributed by atoms with van der Waals surface area (Å²) in [6.45, 7) is 2.00. The Balaban J connectivity index is 1.60. The van der Waals surface area contributed by atoms with Gasteiger partial charge in [-0.3, -0.25) is 4.79 Å². The number of aryl methyl sites for hydroxylation is 2. The van der Waals surface area contributed by atoms with E-state index >= 15 is 0 Å². The van der Waals surface area contributed by atoms with E-state index in [-0.39, 0.29) is 18.0 Å². The van der Waals surface area contributed by atoms with Crippen molar-refractivity contribution in [3.63, 3.8) is 0 Å². The smallest absolute Gasteiger partial charge is 0.308 e. The number of aromatic nitrogens is 1. The fraction of sp³-hybridized carbons (Fsp3) is 0.333. The lowest BCUT2D eigenvalue weighted by Gasteiger charge is -2.33. The van der Waals surface area contributed by atoms with Crippen LogP contribution in [0.25, 0.3) is 10.9 Å². The van der Waals surface area contributed by atoms with E-state index < -0.39 is 0 Å². The number of carbonyl (C=O) groups is 1. The van der Waals surface area contributed by atoms with Crippen molar-refractivity contribution in [1.29, 1.82) is 5.26 Å². The summed E-state index contributed by atoms with van der Waals surface area (Å²) in [5, 5.41) is 11.4. The molecule has 1 heterocycles. The van der Waals surface area contributed by atoms with Crippen LogP contribution in [0.3, 0.4) is 0 Å². The zero-order valence-corrected chi connectivity index (χ0v) is 19.0. The predicted octanol–water partition coefficient (Wildman–Crippen LogP) is 5.59. The molecule has 0 N–H and O–H groups in total. The Hall–Kier alpha value is -2.68. The first-order valence-corrected chi connectivity index (χ1v) is 10.8. The number of rotatable bonds is 5. The monoisotopic (exact) mass is 456 g/mol. The second kappa shape index (κ2) is 8.45. The summed E-state index contributed by atoms with van der Waals surface area (Å²) in [5.41, 5.74) is 4.50. The summed E-state index contributed by atoms with van der Waals surface area (Å²) in [7, 11) is 3.37. The van der Waals surface area contributed by atoms with Crippen molar-refractivity contribution < 1.29 is 14.3 Å². The van der Waals surface area contributed by atoms with Crippen LogP contribution in [-0.2, 0) is 23.0 Å². The van der Waals surface area contributed by atoms with Crippen LogP contribution in [0.5, 0.6) is 5.75 Å². The number of esters is 1. The fourth-order valence-corrected chi connectivity index (χ4v) is 4.66. The average molecular weight is 457 g/mol. The number of nitriles is 1. The van der Waals surface area contributed by atoms with Crippen LogP contribution in [0.15, 0.2) is 30.3 Å². The van der Waals surface area contributed by atoms with Crippen molar-refractivity contribution >= 4 is 40.1 Å². The first-order chi connectivity index (χ1) is 14.8. The SMILES string of the molecule is COC(=O)[C@H]1C[C@@H](Oc2ccc(Cl)c(Cc3cc4c(C)cc(C#N)cc4n3C)c2Cl)C1. The molecule has 5 nitrogen and oxygen atoms in total. The van der Waals surface area contributed by atoms with Gasteiger partial charge in [0.25, 0.3) is 0 Å². The Labute approximate surface area is 191 Å². The van der Waals surface area contributed by atoms with Crippen LogP contribution in [0.2, 0.25) is 10.0 Å². The van der Waals surface area contributed by atoms with Crippen LogP contribution < -0.4 is 4.74 Å². The molecular formula is C24H22Cl2N2O3. The highest BCUT2D eigenvalue weighted by molar-refractivity contribution is 6.37. The Kier molecular flexibility index (Phi) is 5.88. The second-order valence-corrected chi connectivity index (χ2v) is 8.76. The van der Waals surface area contributed by atoms with E-state index in [2.05, 4.69) is 16.7 Å². The van der Waals surface area contributed by atoms with Gasteiger partial charge < -0.3 is 14.0 Å². The first-order valence-electron chi connectivity index (χ1n) is 10.0. The molecule has 0 aliphatic heterocycles. The second-order valence-electron chi connectivity index (χ2n) is 7.98. The Bertz CT molecular complexity index is 1220. The molecule has 4 rings (SSSR count). The Morgan fingerprint density at radius 1 is 1.26 bits per heavy atom. The highest BCUT2D eigenvalue weighted by Crippen LogP contribution is 2.39. The van der Waals surface area contributed by atoms with E-state index in [1.165, 1.54) is 7.11 Å². The van der Waals surface area contributed by atoms with Crippen LogP contribution in [0.1, 0.15) is 35.2 Å². The quantitative estimate of drug-likeness (QED) is 0.469. The van der Waals surface area contributed by atoms with Gasteiger partial charge >= 0.3 is 5.97 Å². The standard InChI is InChI=1S/C24H22Cl2N2O3/c1-13-6-14(12-27)7-21-18(13)10-16(28(21)2)11-19-20(25)4-5-22(23(19)26)31-17-8-15(9-17)24(29)30-3/h4-7,10,15,17H,8-9,11H2,1-3H3/t15-,17+. The topological polar surface area (TPSA) is 64.2 Å². The normalized spacial score (nSPS) is 17.8. The molecule has 0 amide bonds. The zero-order chi connectivity index (χ0) is 22.3. The molecule has 7 heteroatoms. The van der Waals surface area contributed by atoms with E-state index in [1.807, 2.05) is 26.1 Å². The van der Waals surface area contributed by atoms with Crippen LogP contribution in [0, 0.1) is 24.2 Å². The maximum Gasteiger partial charge on any atom is 0.308 e. The van der Waals surface area contributed by atoms with Gasteiger partial charge in [0.05, 0.1) is 29.7 Å². The molecule has 0 unspecified atom stereocenters. The molecule has 0 bridgehead atoms. The summed E-state index contributed by atoms with van der Waals surface area (Å²) in [5.74, 6) is 0.252. The van der Waals surface area contributed by atoms with Gasteiger partial charge in [0.2, 0.25) is 0 Å². The fourth-order valence-electron chi connectivity index (χ4n) is 4.11. The van der Waals surface area contributed by atoms with Gasteiger partial charge in [0.15, 0.2) is 0 Å². The minimum absolute atomic E-state index is 0.0692. The van der Waals surface area contributed by atoms with Gasteiger partial charge in [-0.25, -0.2) is 0 Å². The molecule has 160 valence electrons. The molecule has 0 radical (unpaired) electrons. The summed E-state index contributed by atoms with van der Waals surface area (Å²) in [4.78, 5) is 11.6. The number of carbonyl (C=O) groups excluding carboxylic acids is 1. The summed E-state index contributed by atoms with van der Waals surface area (Å²) in [6, 6.07) is 11.7. The molecule has 0 saturated heterocycles. The third-order valence-electron chi connectivity index (χ3n) is 6.03. The molecule has 1 aliphatic carbocycles. The number of benzene rings is 2. The molecule has 31 heavy (non-hydrogen) atoms. The highest BCUT2D eigenvalue weighted by Gasteiger charge is 2.37. The zero-order valence-electron chi connectivity index (χ0n) is 17.5. The van der Waals surface area contributed by atoms with E-state index in [0.717, 1.165) is 27.7 Å². The molecule has 0 atom stereocenters. The molecule has 3 aromatic rings. The van der Waals surface area contributed by atoms with Gasteiger partial charge in [-0.2, -0.15) is 5.26 Å². The maximum absolute atomic E-state index is 11.6. The Morgan fingerprint density at radius 3 is 2.68 bits per heavy atom. The summed E-state index contributed by atoms with van der Waals surface area (Å²) >= 11 is 13.2. The molecule has 1 aromatic heterocycles. The lowest BCUT2D eigenvalue weighted by Crippen LogP contribution is -2.38. The number of hydrogen-bond acceptors (Lipinski definition) is 4. The molecule has 1 fully saturated rings. The number of hydrogen-bond donors (Lipinski definition) is 0. The minimum Gasteiger partial charge on any atom is -0.489 e. The number of fused-ring (bicyclic) bond motifs is 1.